The minimum absolute atomic E-state index is 0.0405. The van der Waals surface area contributed by atoms with Crippen molar-refractivity contribution in [2.24, 2.45) is 0 Å². The first-order valence-electron chi connectivity index (χ1n) is 6.33. The molecular formula is C16H17BrN2O. The molecule has 20 heavy (non-hydrogen) atoms. The zero-order valence-electron chi connectivity index (χ0n) is 11.6. The summed E-state index contributed by atoms with van der Waals surface area (Å²) in [6.07, 6.45) is 0. The molecule has 0 fully saturated rings. The lowest BCUT2D eigenvalue weighted by molar-refractivity contribution is 0.0785. The minimum Gasteiger partial charge on any atom is -0.399 e. The summed E-state index contributed by atoms with van der Waals surface area (Å²) < 4.78 is 0.810. The summed E-state index contributed by atoms with van der Waals surface area (Å²) in [5.74, 6) is -0.0405. The second-order valence-corrected chi connectivity index (χ2v) is 5.78. The van der Waals surface area contributed by atoms with Gasteiger partial charge in [0.2, 0.25) is 0 Å². The van der Waals surface area contributed by atoms with Crippen LogP contribution in [0.2, 0.25) is 0 Å². The van der Waals surface area contributed by atoms with Gasteiger partial charge in [-0.3, -0.25) is 4.79 Å². The van der Waals surface area contributed by atoms with E-state index >= 15 is 0 Å². The highest BCUT2D eigenvalue weighted by atomic mass is 79.9. The number of hydrogen-bond donors (Lipinski definition) is 1. The summed E-state index contributed by atoms with van der Waals surface area (Å²) in [6, 6.07) is 13.3. The fraction of sp³-hybridized carbons (Fsp3) is 0.188. The van der Waals surface area contributed by atoms with E-state index in [4.69, 9.17) is 5.73 Å². The van der Waals surface area contributed by atoms with Crippen molar-refractivity contribution >= 4 is 27.5 Å². The number of hydrogen-bond acceptors (Lipinski definition) is 2. The third-order valence-electron chi connectivity index (χ3n) is 3.18. The number of amides is 1. The number of carbonyl (C=O) groups excluding carboxylic acids is 1. The van der Waals surface area contributed by atoms with Crippen LogP contribution in [-0.4, -0.2) is 17.9 Å². The average molecular weight is 333 g/mol. The van der Waals surface area contributed by atoms with Crippen molar-refractivity contribution in [3.05, 3.63) is 63.6 Å². The number of nitrogens with zero attached hydrogens (tertiary/aromatic N) is 1. The van der Waals surface area contributed by atoms with Crippen LogP contribution in [0.5, 0.6) is 0 Å². The van der Waals surface area contributed by atoms with Crippen molar-refractivity contribution in [1.29, 1.82) is 0 Å². The summed E-state index contributed by atoms with van der Waals surface area (Å²) in [6.45, 7) is 2.63. The first kappa shape index (κ1) is 14.6. The van der Waals surface area contributed by atoms with E-state index in [0.717, 1.165) is 10.0 Å². The fourth-order valence-corrected chi connectivity index (χ4v) is 2.58. The Morgan fingerprint density at radius 2 is 1.95 bits per heavy atom. The van der Waals surface area contributed by atoms with E-state index in [1.165, 1.54) is 5.56 Å². The van der Waals surface area contributed by atoms with Gasteiger partial charge in [0.05, 0.1) is 0 Å². The lowest BCUT2D eigenvalue weighted by Crippen LogP contribution is -2.26. The molecule has 0 unspecified atom stereocenters. The third kappa shape index (κ3) is 3.39. The zero-order chi connectivity index (χ0) is 14.7. The van der Waals surface area contributed by atoms with Crippen molar-refractivity contribution in [2.45, 2.75) is 13.5 Å². The Morgan fingerprint density at radius 1 is 1.25 bits per heavy atom. The molecular weight excluding hydrogens is 316 g/mol. The molecule has 2 aromatic carbocycles. The molecule has 0 atom stereocenters. The van der Waals surface area contributed by atoms with Gasteiger partial charge in [0.25, 0.3) is 5.91 Å². The number of halogens is 1. The largest absolute Gasteiger partial charge is 0.399 e. The van der Waals surface area contributed by atoms with Crippen LogP contribution in [0.3, 0.4) is 0 Å². The molecule has 0 saturated carbocycles. The van der Waals surface area contributed by atoms with Gasteiger partial charge in [-0.15, -0.1) is 0 Å². The van der Waals surface area contributed by atoms with Crippen molar-refractivity contribution in [2.75, 3.05) is 12.8 Å². The van der Waals surface area contributed by atoms with E-state index in [2.05, 4.69) is 15.9 Å². The molecule has 0 aliphatic heterocycles. The van der Waals surface area contributed by atoms with Crippen LogP contribution in [0.15, 0.2) is 46.9 Å². The summed E-state index contributed by atoms with van der Waals surface area (Å²) in [5.41, 5.74) is 9.27. The molecule has 0 spiro atoms. The summed E-state index contributed by atoms with van der Waals surface area (Å²) in [5, 5.41) is 0. The second-order valence-electron chi connectivity index (χ2n) is 4.86. The second kappa shape index (κ2) is 6.09. The van der Waals surface area contributed by atoms with E-state index in [1.807, 2.05) is 31.2 Å². The van der Waals surface area contributed by atoms with E-state index in [9.17, 15) is 4.79 Å². The molecule has 2 aromatic rings. The predicted molar refractivity (Wildman–Crippen MR) is 85.5 cm³/mol. The van der Waals surface area contributed by atoms with Crippen molar-refractivity contribution in [3.63, 3.8) is 0 Å². The monoisotopic (exact) mass is 332 g/mol. The lowest BCUT2D eigenvalue weighted by atomic mass is 10.1. The molecule has 2 rings (SSSR count). The Labute approximate surface area is 127 Å². The third-order valence-corrected chi connectivity index (χ3v) is 3.64. The molecule has 0 heterocycles. The SMILES string of the molecule is Cc1ccccc1CN(C)C(=O)c1cc(N)cc(Br)c1. The summed E-state index contributed by atoms with van der Waals surface area (Å²) in [7, 11) is 1.80. The van der Waals surface area contributed by atoms with E-state index in [-0.39, 0.29) is 5.91 Å². The number of nitrogens with two attached hydrogens (primary N) is 1. The number of benzene rings is 2. The van der Waals surface area contributed by atoms with Gasteiger partial charge in [-0.1, -0.05) is 40.2 Å². The standard InChI is InChI=1S/C16H17BrN2O/c1-11-5-3-4-6-12(11)10-19(2)16(20)13-7-14(17)9-15(18)8-13/h3-9H,10,18H2,1-2H3. The Hall–Kier alpha value is -1.81. The van der Waals surface area contributed by atoms with Gasteiger partial charge in [-0.25, -0.2) is 0 Å². The molecule has 0 aromatic heterocycles. The maximum absolute atomic E-state index is 12.4. The molecule has 0 bridgehead atoms. The highest BCUT2D eigenvalue weighted by molar-refractivity contribution is 9.10. The van der Waals surface area contributed by atoms with Gasteiger partial charge in [0.15, 0.2) is 0 Å². The first-order chi connectivity index (χ1) is 9.47. The molecule has 0 aliphatic rings. The molecule has 0 aliphatic carbocycles. The van der Waals surface area contributed by atoms with Crippen molar-refractivity contribution < 1.29 is 4.79 Å². The molecule has 1 amide bonds. The fourth-order valence-electron chi connectivity index (χ4n) is 2.07. The van der Waals surface area contributed by atoms with Gasteiger partial charge in [-0.2, -0.15) is 0 Å². The highest BCUT2D eigenvalue weighted by Gasteiger charge is 2.13. The predicted octanol–water partition coefficient (Wildman–Crippen LogP) is 3.61. The quantitative estimate of drug-likeness (QED) is 0.872. The van der Waals surface area contributed by atoms with Crippen LogP contribution in [-0.2, 0) is 6.54 Å². The van der Waals surface area contributed by atoms with Crippen LogP contribution in [0.4, 0.5) is 5.69 Å². The van der Waals surface area contributed by atoms with E-state index in [1.54, 1.807) is 30.1 Å². The molecule has 0 radical (unpaired) electrons. The van der Waals surface area contributed by atoms with Crippen LogP contribution in [0.25, 0.3) is 0 Å². The number of carbonyl (C=O) groups is 1. The number of nitrogen functional groups attached to an aromatic ring is 1. The smallest absolute Gasteiger partial charge is 0.254 e. The van der Waals surface area contributed by atoms with Crippen LogP contribution in [0, 0.1) is 6.92 Å². The molecule has 4 heteroatoms. The molecule has 3 nitrogen and oxygen atoms in total. The van der Waals surface area contributed by atoms with E-state index in [0.29, 0.717) is 17.8 Å². The van der Waals surface area contributed by atoms with Crippen LogP contribution < -0.4 is 5.73 Å². The highest BCUT2D eigenvalue weighted by Crippen LogP contribution is 2.19. The number of anilines is 1. The van der Waals surface area contributed by atoms with Crippen molar-refractivity contribution in [3.8, 4) is 0 Å². The number of rotatable bonds is 3. The first-order valence-corrected chi connectivity index (χ1v) is 7.12. The van der Waals surface area contributed by atoms with Gasteiger partial charge < -0.3 is 10.6 Å². The maximum atomic E-state index is 12.4. The summed E-state index contributed by atoms with van der Waals surface area (Å²) >= 11 is 3.36. The van der Waals surface area contributed by atoms with Gasteiger partial charge in [0.1, 0.15) is 0 Å². The molecule has 104 valence electrons. The Bertz CT molecular complexity index is 620. The zero-order valence-corrected chi connectivity index (χ0v) is 13.1. The lowest BCUT2D eigenvalue weighted by Gasteiger charge is -2.19. The molecule has 2 N–H and O–H groups in total. The van der Waals surface area contributed by atoms with E-state index < -0.39 is 0 Å². The number of aryl methyl sites for hydroxylation is 1. The Kier molecular flexibility index (Phi) is 4.45. The minimum atomic E-state index is -0.0405. The van der Waals surface area contributed by atoms with Crippen LogP contribution in [0.1, 0.15) is 21.5 Å². The van der Waals surface area contributed by atoms with Gasteiger partial charge >= 0.3 is 0 Å². The van der Waals surface area contributed by atoms with Crippen molar-refractivity contribution in [1.82, 2.24) is 4.90 Å². The Morgan fingerprint density at radius 3 is 2.60 bits per heavy atom. The van der Waals surface area contributed by atoms with Gasteiger partial charge in [0, 0.05) is 29.3 Å². The topological polar surface area (TPSA) is 46.3 Å². The molecule has 0 saturated heterocycles. The maximum Gasteiger partial charge on any atom is 0.254 e. The Balaban J connectivity index is 2.18. The normalized spacial score (nSPS) is 10.3. The van der Waals surface area contributed by atoms with Crippen LogP contribution >= 0.6 is 15.9 Å². The van der Waals surface area contributed by atoms with Gasteiger partial charge in [-0.05, 0) is 36.2 Å². The summed E-state index contributed by atoms with van der Waals surface area (Å²) in [4.78, 5) is 14.1. The average Bonchev–Trinajstić information content (AvgIpc) is 2.39.